The van der Waals surface area contributed by atoms with E-state index in [1.807, 2.05) is 18.2 Å². The average molecular weight is 412 g/mol. The van der Waals surface area contributed by atoms with Gasteiger partial charge in [-0.1, -0.05) is 30.3 Å². The summed E-state index contributed by atoms with van der Waals surface area (Å²) in [4.78, 5) is 29.4. The maximum absolute atomic E-state index is 13.2. The molecule has 1 aromatic carbocycles. The van der Waals surface area contributed by atoms with Crippen LogP contribution < -0.4 is 5.56 Å². The third-order valence-electron chi connectivity index (χ3n) is 4.54. The molecule has 0 aliphatic heterocycles. The quantitative estimate of drug-likeness (QED) is 0.543. The largest absolute Gasteiger partial charge is 0.383 e. The Hall–Kier alpha value is -2.77. The normalized spacial score (nSPS) is 10.8. The van der Waals surface area contributed by atoms with Crippen LogP contribution in [-0.4, -0.2) is 40.8 Å². The van der Waals surface area contributed by atoms with Crippen molar-refractivity contribution in [1.82, 2.24) is 14.7 Å². The number of carbonyl (C=O) groups is 1. The maximum Gasteiger partial charge on any atom is 0.274 e. The molecule has 0 saturated carbocycles. The van der Waals surface area contributed by atoms with Crippen LogP contribution in [0, 0.1) is 6.92 Å². The van der Waals surface area contributed by atoms with Gasteiger partial charge in [0.25, 0.3) is 11.5 Å². The summed E-state index contributed by atoms with van der Waals surface area (Å²) in [5, 5.41) is 4.27. The van der Waals surface area contributed by atoms with Crippen LogP contribution in [0.2, 0.25) is 0 Å². The summed E-state index contributed by atoms with van der Waals surface area (Å²) in [6.45, 7) is 3.81. The zero-order chi connectivity index (χ0) is 20.6. The van der Waals surface area contributed by atoms with Gasteiger partial charge in [0.1, 0.15) is 5.69 Å². The van der Waals surface area contributed by atoms with E-state index in [2.05, 4.69) is 36.3 Å². The minimum Gasteiger partial charge on any atom is -0.383 e. The summed E-state index contributed by atoms with van der Waals surface area (Å²) >= 11 is 1.68. The first-order valence-corrected chi connectivity index (χ1v) is 10.3. The van der Waals surface area contributed by atoms with E-state index in [1.165, 1.54) is 27.3 Å². The molecule has 0 radical (unpaired) electrons. The molecule has 0 N–H and O–H groups in total. The number of hydrogen-bond donors (Lipinski definition) is 0. The van der Waals surface area contributed by atoms with E-state index in [1.54, 1.807) is 23.3 Å². The standard InChI is InChI=1S/C22H25N3O3S/c1-17-8-9-19(29-17)16-24(13-12-18-6-4-3-5-7-18)22(27)20-10-11-21(26)25(23-20)14-15-28-2/h3-11H,12-16H2,1-2H3. The molecule has 0 bridgehead atoms. The first-order valence-electron chi connectivity index (χ1n) is 9.52. The van der Waals surface area contributed by atoms with Crippen molar-refractivity contribution in [2.24, 2.45) is 0 Å². The summed E-state index contributed by atoms with van der Waals surface area (Å²) in [6.07, 6.45) is 0.750. The van der Waals surface area contributed by atoms with Crippen molar-refractivity contribution in [2.75, 3.05) is 20.3 Å². The van der Waals surface area contributed by atoms with E-state index in [0.29, 0.717) is 26.2 Å². The van der Waals surface area contributed by atoms with Crippen molar-refractivity contribution in [2.45, 2.75) is 26.4 Å². The molecule has 0 aliphatic rings. The van der Waals surface area contributed by atoms with Gasteiger partial charge in [-0.25, -0.2) is 4.68 Å². The number of rotatable bonds is 9. The number of aryl methyl sites for hydroxylation is 1. The lowest BCUT2D eigenvalue weighted by atomic mass is 10.1. The minimum absolute atomic E-state index is 0.182. The molecule has 3 aromatic rings. The predicted octanol–water partition coefficient (Wildman–Crippen LogP) is 3.14. The maximum atomic E-state index is 13.2. The number of benzene rings is 1. The van der Waals surface area contributed by atoms with Gasteiger partial charge in [-0.05, 0) is 37.1 Å². The van der Waals surface area contributed by atoms with E-state index in [4.69, 9.17) is 4.74 Å². The molecule has 7 heteroatoms. The van der Waals surface area contributed by atoms with Gasteiger partial charge in [-0.3, -0.25) is 9.59 Å². The smallest absolute Gasteiger partial charge is 0.274 e. The van der Waals surface area contributed by atoms with E-state index in [9.17, 15) is 9.59 Å². The second-order valence-corrected chi connectivity index (χ2v) is 8.12. The number of methoxy groups -OCH3 is 1. The van der Waals surface area contributed by atoms with Crippen molar-refractivity contribution in [3.05, 3.63) is 86.0 Å². The zero-order valence-corrected chi connectivity index (χ0v) is 17.5. The fourth-order valence-electron chi connectivity index (χ4n) is 2.98. The Morgan fingerprint density at radius 3 is 2.62 bits per heavy atom. The molecule has 29 heavy (non-hydrogen) atoms. The van der Waals surface area contributed by atoms with E-state index in [0.717, 1.165) is 11.3 Å². The Bertz CT molecular complexity index is 998. The number of aromatic nitrogens is 2. The molecule has 1 amide bonds. The summed E-state index contributed by atoms with van der Waals surface area (Å²) in [6, 6.07) is 17.1. The molecule has 2 aromatic heterocycles. The summed E-state index contributed by atoms with van der Waals surface area (Å²) in [7, 11) is 1.56. The third kappa shape index (κ3) is 5.85. The Balaban J connectivity index is 1.81. The van der Waals surface area contributed by atoms with Gasteiger partial charge in [-0.2, -0.15) is 5.10 Å². The lowest BCUT2D eigenvalue weighted by Crippen LogP contribution is -2.35. The molecule has 152 valence electrons. The predicted molar refractivity (Wildman–Crippen MR) is 114 cm³/mol. The number of nitrogens with zero attached hydrogens (tertiary/aromatic N) is 3. The van der Waals surface area contributed by atoms with E-state index >= 15 is 0 Å². The van der Waals surface area contributed by atoms with Crippen molar-refractivity contribution in [1.29, 1.82) is 0 Å². The Morgan fingerprint density at radius 1 is 1.14 bits per heavy atom. The van der Waals surface area contributed by atoms with Gasteiger partial charge in [0.05, 0.1) is 19.7 Å². The van der Waals surface area contributed by atoms with E-state index < -0.39 is 0 Å². The number of hydrogen-bond acceptors (Lipinski definition) is 5. The van der Waals surface area contributed by atoms with Gasteiger partial charge in [0.15, 0.2) is 0 Å². The molecule has 6 nitrogen and oxygen atoms in total. The Morgan fingerprint density at radius 2 is 1.93 bits per heavy atom. The van der Waals surface area contributed by atoms with Crippen LogP contribution in [-0.2, 0) is 24.2 Å². The molecule has 3 rings (SSSR count). The highest BCUT2D eigenvalue weighted by atomic mass is 32.1. The highest BCUT2D eigenvalue weighted by Gasteiger charge is 2.19. The average Bonchev–Trinajstić information content (AvgIpc) is 3.15. The second kappa shape index (κ2) is 10.1. The molecule has 0 unspecified atom stereocenters. The molecule has 2 heterocycles. The molecule has 0 fully saturated rings. The van der Waals surface area contributed by atoms with Crippen molar-refractivity contribution >= 4 is 17.2 Å². The minimum atomic E-state index is -0.247. The molecular weight excluding hydrogens is 386 g/mol. The van der Waals surface area contributed by atoms with Gasteiger partial charge in [-0.15, -0.1) is 11.3 Å². The number of amides is 1. The van der Waals surface area contributed by atoms with Gasteiger partial charge >= 0.3 is 0 Å². The number of carbonyl (C=O) groups excluding carboxylic acids is 1. The van der Waals surface area contributed by atoms with Gasteiger partial charge in [0.2, 0.25) is 0 Å². The molecule has 0 atom stereocenters. The van der Waals surface area contributed by atoms with Crippen LogP contribution in [0.4, 0.5) is 0 Å². The van der Waals surface area contributed by atoms with Crippen LogP contribution >= 0.6 is 11.3 Å². The Kier molecular flexibility index (Phi) is 7.32. The van der Waals surface area contributed by atoms with Crippen molar-refractivity contribution < 1.29 is 9.53 Å². The fraction of sp³-hybridized carbons (Fsp3) is 0.318. The summed E-state index contributed by atoms with van der Waals surface area (Å²) < 4.78 is 6.30. The van der Waals surface area contributed by atoms with Gasteiger partial charge in [0, 0.05) is 29.5 Å². The highest BCUT2D eigenvalue weighted by Crippen LogP contribution is 2.18. The van der Waals surface area contributed by atoms with Gasteiger partial charge < -0.3 is 9.64 Å². The molecule has 0 aliphatic carbocycles. The first kappa shape index (κ1) is 21.0. The fourth-order valence-corrected chi connectivity index (χ4v) is 3.89. The topological polar surface area (TPSA) is 64.4 Å². The second-order valence-electron chi connectivity index (χ2n) is 6.75. The van der Waals surface area contributed by atoms with Crippen LogP contribution in [0.1, 0.15) is 25.8 Å². The number of thiophene rings is 1. The summed E-state index contributed by atoms with van der Waals surface area (Å²) in [5.41, 5.74) is 1.19. The zero-order valence-electron chi connectivity index (χ0n) is 16.7. The molecular formula is C22H25N3O3S. The van der Waals surface area contributed by atoms with Crippen molar-refractivity contribution in [3.63, 3.8) is 0 Å². The monoisotopic (exact) mass is 411 g/mol. The van der Waals surface area contributed by atoms with Crippen LogP contribution in [0.3, 0.4) is 0 Å². The lowest BCUT2D eigenvalue weighted by molar-refractivity contribution is 0.0737. The SMILES string of the molecule is COCCn1nc(C(=O)N(CCc2ccccc2)Cc2ccc(C)s2)ccc1=O. The highest BCUT2D eigenvalue weighted by molar-refractivity contribution is 7.11. The third-order valence-corrected chi connectivity index (χ3v) is 5.52. The van der Waals surface area contributed by atoms with Crippen LogP contribution in [0.5, 0.6) is 0 Å². The molecule has 0 saturated heterocycles. The van der Waals surface area contributed by atoms with Crippen molar-refractivity contribution in [3.8, 4) is 0 Å². The van der Waals surface area contributed by atoms with E-state index in [-0.39, 0.29) is 17.2 Å². The number of ether oxygens (including phenoxy) is 1. The molecule has 0 spiro atoms. The lowest BCUT2D eigenvalue weighted by Gasteiger charge is -2.22. The first-order chi connectivity index (χ1) is 14.1. The van der Waals surface area contributed by atoms with Crippen LogP contribution in [0.25, 0.3) is 0 Å². The summed E-state index contributed by atoms with van der Waals surface area (Å²) in [5.74, 6) is -0.182. The Labute approximate surface area is 174 Å². The van der Waals surface area contributed by atoms with Crippen LogP contribution in [0.15, 0.2) is 59.4 Å².